The normalized spacial score (nSPS) is 22.8. The molecule has 1 fully saturated rings. The van der Waals surface area contributed by atoms with Crippen molar-refractivity contribution < 1.29 is 9.53 Å². The molecule has 0 bridgehead atoms. The fourth-order valence-electron chi connectivity index (χ4n) is 3.56. The van der Waals surface area contributed by atoms with Crippen LogP contribution in [0.2, 0.25) is 0 Å². The van der Waals surface area contributed by atoms with Gasteiger partial charge in [-0.05, 0) is 48.8 Å². The summed E-state index contributed by atoms with van der Waals surface area (Å²) in [6.45, 7) is 4.08. The van der Waals surface area contributed by atoms with Crippen molar-refractivity contribution >= 4 is 6.03 Å². The van der Waals surface area contributed by atoms with Crippen LogP contribution in [0.4, 0.5) is 4.79 Å². The minimum Gasteiger partial charge on any atom is -0.476 e. The van der Waals surface area contributed by atoms with Crippen LogP contribution < -0.4 is 10.1 Å². The molecule has 2 amide bonds. The second-order valence-electron chi connectivity index (χ2n) is 6.82. The van der Waals surface area contributed by atoms with E-state index in [4.69, 9.17) is 10.00 Å². The number of carbonyl (C=O) groups is 1. The van der Waals surface area contributed by atoms with E-state index in [1.54, 1.807) is 0 Å². The Labute approximate surface area is 149 Å². The lowest BCUT2D eigenvalue weighted by Gasteiger charge is -2.17. The van der Waals surface area contributed by atoms with Gasteiger partial charge in [0.15, 0.2) is 6.10 Å². The van der Waals surface area contributed by atoms with Crippen LogP contribution in [-0.4, -0.2) is 30.1 Å². The second-order valence-corrected chi connectivity index (χ2v) is 6.82. The van der Waals surface area contributed by atoms with Crippen molar-refractivity contribution in [2.24, 2.45) is 11.8 Å². The quantitative estimate of drug-likeness (QED) is 0.835. The molecule has 1 saturated heterocycles. The summed E-state index contributed by atoms with van der Waals surface area (Å²) in [6, 6.07) is 9.69. The highest BCUT2D eigenvalue weighted by Crippen LogP contribution is 2.32. The number of urea groups is 1. The first-order chi connectivity index (χ1) is 12.2. The van der Waals surface area contributed by atoms with Gasteiger partial charge < -0.3 is 15.0 Å². The second kappa shape index (κ2) is 8.06. The molecular weight excluding hydrogens is 314 g/mol. The molecule has 25 heavy (non-hydrogen) atoms. The van der Waals surface area contributed by atoms with Crippen LogP contribution in [0.5, 0.6) is 5.75 Å². The minimum absolute atomic E-state index is 0.00387. The van der Waals surface area contributed by atoms with Gasteiger partial charge in [0.05, 0.1) is 0 Å². The molecule has 2 aliphatic rings. The Balaban J connectivity index is 1.52. The molecule has 3 rings (SSSR count). The fraction of sp³-hybridized carbons (Fsp3) is 0.500. The summed E-state index contributed by atoms with van der Waals surface area (Å²) in [5, 5.41) is 12.0. The molecule has 132 valence electrons. The number of amides is 2. The Morgan fingerprint density at radius 2 is 2.08 bits per heavy atom. The SMILES string of the molecule is CC[C@H](C#N)Oc1cccc(CNC(=O)N2C[C@H]3CC=CC[C@H]3C2)c1. The van der Waals surface area contributed by atoms with Crippen LogP contribution in [0.25, 0.3) is 0 Å². The fourth-order valence-corrected chi connectivity index (χ4v) is 3.56. The van der Waals surface area contributed by atoms with Crippen LogP contribution in [0.3, 0.4) is 0 Å². The Morgan fingerprint density at radius 1 is 1.36 bits per heavy atom. The van der Waals surface area contributed by atoms with Gasteiger partial charge in [-0.3, -0.25) is 0 Å². The third-order valence-electron chi connectivity index (χ3n) is 5.04. The number of carbonyl (C=O) groups excluding carboxylic acids is 1. The predicted molar refractivity (Wildman–Crippen MR) is 95.9 cm³/mol. The summed E-state index contributed by atoms with van der Waals surface area (Å²) in [7, 11) is 0. The number of hydrogen-bond donors (Lipinski definition) is 1. The number of nitriles is 1. The van der Waals surface area contributed by atoms with Gasteiger partial charge in [0.1, 0.15) is 11.8 Å². The summed E-state index contributed by atoms with van der Waals surface area (Å²) < 4.78 is 5.63. The van der Waals surface area contributed by atoms with Gasteiger partial charge in [-0.25, -0.2) is 4.79 Å². The molecule has 0 saturated carbocycles. The van der Waals surface area contributed by atoms with E-state index in [0.29, 0.717) is 30.6 Å². The predicted octanol–water partition coefficient (Wildman–Crippen LogP) is 3.48. The van der Waals surface area contributed by atoms with Crippen molar-refractivity contribution in [2.75, 3.05) is 13.1 Å². The van der Waals surface area contributed by atoms with Gasteiger partial charge >= 0.3 is 6.03 Å². The standard InChI is InChI=1S/C20H25N3O2/c1-2-18(11-21)25-19-9-5-6-15(10-19)12-22-20(24)23-13-16-7-3-4-8-17(16)14-23/h3-6,9-10,16-18H,2,7-8,12-14H2,1H3,(H,22,24)/t16-,17+,18-/m1/s1. The van der Waals surface area contributed by atoms with Crippen molar-refractivity contribution in [1.82, 2.24) is 10.2 Å². The Kier molecular flexibility index (Phi) is 5.60. The Morgan fingerprint density at radius 3 is 2.72 bits per heavy atom. The van der Waals surface area contributed by atoms with Crippen LogP contribution in [-0.2, 0) is 6.54 Å². The van der Waals surface area contributed by atoms with E-state index >= 15 is 0 Å². The Bertz CT molecular complexity index is 664. The van der Waals surface area contributed by atoms with Crippen molar-refractivity contribution in [3.63, 3.8) is 0 Å². The van der Waals surface area contributed by atoms with Gasteiger partial charge in [-0.2, -0.15) is 5.26 Å². The number of benzene rings is 1. The third kappa shape index (κ3) is 4.33. The first kappa shape index (κ1) is 17.3. The van der Waals surface area contributed by atoms with Crippen LogP contribution >= 0.6 is 0 Å². The average molecular weight is 339 g/mol. The zero-order chi connectivity index (χ0) is 17.6. The lowest BCUT2D eigenvalue weighted by atomic mass is 9.86. The number of ether oxygens (including phenoxy) is 1. The van der Waals surface area contributed by atoms with Gasteiger partial charge in [0, 0.05) is 19.6 Å². The summed E-state index contributed by atoms with van der Waals surface area (Å²) in [5.74, 6) is 1.90. The van der Waals surface area contributed by atoms with E-state index in [1.165, 1.54) is 0 Å². The highest BCUT2D eigenvalue weighted by Gasteiger charge is 2.34. The van der Waals surface area contributed by atoms with Crippen LogP contribution in [0.15, 0.2) is 36.4 Å². The molecule has 0 aromatic heterocycles. The molecule has 1 aliphatic heterocycles. The maximum absolute atomic E-state index is 12.4. The van der Waals surface area contributed by atoms with E-state index in [2.05, 4.69) is 23.5 Å². The highest BCUT2D eigenvalue weighted by atomic mass is 16.5. The zero-order valence-corrected chi connectivity index (χ0v) is 14.6. The largest absolute Gasteiger partial charge is 0.476 e. The smallest absolute Gasteiger partial charge is 0.317 e. The molecule has 0 radical (unpaired) electrons. The molecule has 5 heteroatoms. The highest BCUT2D eigenvalue weighted by molar-refractivity contribution is 5.74. The first-order valence-electron chi connectivity index (χ1n) is 9.02. The third-order valence-corrected chi connectivity index (χ3v) is 5.04. The molecule has 1 aromatic rings. The number of fused-ring (bicyclic) bond motifs is 1. The van der Waals surface area contributed by atoms with E-state index < -0.39 is 6.10 Å². The molecule has 1 aromatic carbocycles. The minimum atomic E-state index is -0.439. The molecule has 1 aliphatic carbocycles. The summed E-state index contributed by atoms with van der Waals surface area (Å²) in [4.78, 5) is 14.4. The number of nitrogens with zero attached hydrogens (tertiary/aromatic N) is 2. The number of allylic oxidation sites excluding steroid dienone is 2. The molecular formula is C20H25N3O2. The molecule has 5 nitrogen and oxygen atoms in total. The number of nitrogens with one attached hydrogen (secondary N) is 1. The lowest BCUT2D eigenvalue weighted by Crippen LogP contribution is -2.38. The van der Waals surface area contributed by atoms with Gasteiger partial charge in [-0.1, -0.05) is 31.2 Å². The number of rotatable bonds is 5. The maximum Gasteiger partial charge on any atom is 0.317 e. The average Bonchev–Trinajstić information content (AvgIpc) is 3.09. The van der Waals surface area contributed by atoms with Crippen LogP contribution in [0.1, 0.15) is 31.7 Å². The summed E-state index contributed by atoms with van der Waals surface area (Å²) >= 11 is 0. The Hall–Kier alpha value is -2.48. The molecule has 3 atom stereocenters. The lowest BCUT2D eigenvalue weighted by molar-refractivity contribution is 0.206. The van der Waals surface area contributed by atoms with Crippen molar-refractivity contribution in [3.8, 4) is 11.8 Å². The number of likely N-dealkylation sites (tertiary alicyclic amines) is 1. The molecule has 1 N–H and O–H groups in total. The van der Waals surface area contributed by atoms with E-state index in [9.17, 15) is 4.79 Å². The molecule has 0 spiro atoms. The van der Waals surface area contributed by atoms with Crippen LogP contribution in [0, 0.1) is 23.2 Å². The van der Waals surface area contributed by atoms with Crippen molar-refractivity contribution in [1.29, 1.82) is 5.26 Å². The molecule has 0 unspecified atom stereocenters. The van der Waals surface area contributed by atoms with Crippen molar-refractivity contribution in [3.05, 3.63) is 42.0 Å². The molecule has 1 heterocycles. The topological polar surface area (TPSA) is 65.4 Å². The van der Waals surface area contributed by atoms with Gasteiger partial charge in [0.25, 0.3) is 0 Å². The van der Waals surface area contributed by atoms with Crippen molar-refractivity contribution in [2.45, 2.75) is 38.8 Å². The first-order valence-corrected chi connectivity index (χ1v) is 9.02. The van der Waals surface area contributed by atoms with Gasteiger partial charge in [-0.15, -0.1) is 0 Å². The maximum atomic E-state index is 12.4. The van der Waals surface area contributed by atoms with E-state index in [-0.39, 0.29) is 6.03 Å². The van der Waals surface area contributed by atoms with E-state index in [1.807, 2.05) is 36.1 Å². The number of hydrogen-bond acceptors (Lipinski definition) is 3. The zero-order valence-electron chi connectivity index (χ0n) is 14.6. The van der Waals surface area contributed by atoms with Gasteiger partial charge in [0.2, 0.25) is 0 Å². The summed E-state index contributed by atoms with van der Waals surface area (Å²) in [6.07, 6.45) is 6.85. The van der Waals surface area contributed by atoms with E-state index in [0.717, 1.165) is 31.5 Å². The summed E-state index contributed by atoms with van der Waals surface area (Å²) in [5.41, 5.74) is 0.969. The monoisotopic (exact) mass is 339 g/mol.